The number of carbonyl (C=O) groups excluding carboxylic acids is 1. The molecule has 0 saturated carbocycles. The molecule has 0 radical (unpaired) electrons. The standard InChI is InChI=1S/C24H26N2O2/c25-15-6-12-24(14-16-28-18-19-7-2-1-3-8-19)13-11-21-17-20-9-4-5-10-22(20)26(21)23(24)27/h1-5,7-11,13,17H,6,12,14-16,18,25H2/t24-/m1/s1. The highest BCUT2D eigenvalue weighted by molar-refractivity contribution is 6.01. The average Bonchev–Trinajstić information content (AvgIpc) is 3.12. The molecule has 2 heterocycles. The minimum absolute atomic E-state index is 0.128. The van der Waals surface area contributed by atoms with Crippen LogP contribution in [0.1, 0.15) is 35.3 Å². The Bertz CT molecular complexity index is 990. The van der Waals surface area contributed by atoms with Crippen LogP contribution in [0.25, 0.3) is 17.0 Å². The molecular formula is C24H26N2O2. The average molecular weight is 374 g/mol. The van der Waals surface area contributed by atoms with Gasteiger partial charge in [0.2, 0.25) is 5.91 Å². The fourth-order valence-electron chi connectivity index (χ4n) is 4.01. The molecule has 0 bridgehead atoms. The maximum atomic E-state index is 13.6. The predicted octanol–water partition coefficient (Wildman–Crippen LogP) is 4.64. The van der Waals surface area contributed by atoms with E-state index in [1.807, 2.05) is 59.2 Å². The van der Waals surface area contributed by atoms with Crippen LogP contribution in [0.2, 0.25) is 0 Å². The van der Waals surface area contributed by atoms with Gasteiger partial charge in [-0.1, -0.05) is 54.6 Å². The van der Waals surface area contributed by atoms with Crippen molar-refractivity contribution >= 4 is 22.9 Å². The summed E-state index contributed by atoms with van der Waals surface area (Å²) >= 11 is 0. The summed E-state index contributed by atoms with van der Waals surface area (Å²) in [4.78, 5) is 13.6. The van der Waals surface area contributed by atoms with Crippen molar-refractivity contribution in [1.29, 1.82) is 0 Å². The SMILES string of the molecule is NCCC[C@]1(CCOCc2ccccc2)C=Cc2cc3ccccc3n2C1=O. The third-order valence-corrected chi connectivity index (χ3v) is 5.57. The van der Waals surface area contributed by atoms with Gasteiger partial charge in [-0.25, -0.2) is 0 Å². The van der Waals surface area contributed by atoms with Gasteiger partial charge in [0, 0.05) is 17.7 Å². The molecule has 144 valence electrons. The normalized spacial score (nSPS) is 18.5. The lowest BCUT2D eigenvalue weighted by Crippen LogP contribution is -2.38. The first-order valence-corrected chi connectivity index (χ1v) is 9.90. The summed E-state index contributed by atoms with van der Waals surface area (Å²) in [6.45, 7) is 1.67. The second kappa shape index (κ2) is 8.13. The number of benzene rings is 2. The molecule has 1 aromatic heterocycles. The summed E-state index contributed by atoms with van der Waals surface area (Å²) in [6, 6.07) is 20.2. The summed E-state index contributed by atoms with van der Waals surface area (Å²) < 4.78 is 7.77. The Morgan fingerprint density at radius 1 is 1.00 bits per heavy atom. The molecule has 4 nitrogen and oxygen atoms in total. The lowest BCUT2D eigenvalue weighted by molar-refractivity contribution is 0.0598. The van der Waals surface area contributed by atoms with Gasteiger partial charge in [0.05, 0.1) is 17.5 Å². The van der Waals surface area contributed by atoms with Gasteiger partial charge in [0.15, 0.2) is 0 Å². The number of ether oxygens (including phenoxy) is 1. The first-order chi connectivity index (χ1) is 13.7. The lowest BCUT2D eigenvalue weighted by atomic mass is 9.77. The number of allylic oxidation sites excluding steroid dienone is 1. The first kappa shape index (κ1) is 18.7. The highest BCUT2D eigenvalue weighted by atomic mass is 16.5. The third kappa shape index (κ3) is 3.53. The number of rotatable bonds is 8. The van der Waals surface area contributed by atoms with Gasteiger partial charge in [-0.15, -0.1) is 0 Å². The van der Waals surface area contributed by atoms with Gasteiger partial charge in [-0.05, 0) is 49.6 Å². The summed E-state index contributed by atoms with van der Waals surface area (Å²) in [5.41, 5.74) is 8.26. The fraction of sp³-hybridized carbons (Fsp3) is 0.292. The molecule has 4 rings (SSSR count). The number of nitrogens with zero attached hydrogens (tertiary/aromatic N) is 1. The van der Waals surface area contributed by atoms with E-state index in [0.29, 0.717) is 26.2 Å². The molecule has 28 heavy (non-hydrogen) atoms. The van der Waals surface area contributed by atoms with E-state index in [-0.39, 0.29) is 5.91 Å². The van der Waals surface area contributed by atoms with Crippen molar-refractivity contribution in [3.63, 3.8) is 0 Å². The molecule has 1 aliphatic rings. The van der Waals surface area contributed by atoms with E-state index in [2.05, 4.69) is 18.2 Å². The largest absolute Gasteiger partial charge is 0.377 e. The van der Waals surface area contributed by atoms with E-state index >= 15 is 0 Å². The quantitative estimate of drug-likeness (QED) is 0.584. The zero-order valence-corrected chi connectivity index (χ0v) is 16.0. The van der Waals surface area contributed by atoms with Gasteiger partial charge in [0.1, 0.15) is 0 Å². The van der Waals surface area contributed by atoms with Crippen molar-refractivity contribution in [2.75, 3.05) is 13.2 Å². The van der Waals surface area contributed by atoms with E-state index in [1.165, 1.54) is 0 Å². The van der Waals surface area contributed by atoms with E-state index in [1.54, 1.807) is 0 Å². The Morgan fingerprint density at radius 2 is 1.79 bits per heavy atom. The fourth-order valence-corrected chi connectivity index (χ4v) is 4.01. The maximum absolute atomic E-state index is 13.6. The van der Waals surface area contributed by atoms with Crippen LogP contribution in [0.3, 0.4) is 0 Å². The zero-order valence-electron chi connectivity index (χ0n) is 16.0. The van der Waals surface area contributed by atoms with Crippen LogP contribution in [0.15, 0.2) is 66.7 Å². The van der Waals surface area contributed by atoms with Crippen LogP contribution in [0.4, 0.5) is 0 Å². The molecule has 0 aliphatic carbocycles. The zero-order chi connectivity index (χ0) is 19.4. The molecule has 0 spiro atoms. The van der Waals surface area contributed by atoms with E-state index in [9.17, 15) is 4.79 Å². The van der Waals surface area contributed by atoms with Crippen molar-refractivity contribution in [3.8, 4) is 0 Å². The lowest BCUT2D eigenvalue weighted by Gasteiger charge is -2.33. The van der Waals surface area contributed by atoms with Gasteiger partial charge in [0.25, 0.3) is 0 Å². The number of hydrogen-bond acceptors (Lipinski definition) is 3. The van der Waals surface area contributed by atoms with Crippen LogP contribution in [0, 0.1) is 5.41 Å². The van der Waals surface area contributed by atoms with E-state index in [4.69, 9.17) is 10.5 Å². The van der Waals surface area contributed by atoms with Gasteiger partial charge in [-0.2, -0.15) is 0 Å². The Hall–Kier alpha value is -2.69. The van der Waals surface area contributed by atoms with Crippen molar-refractivity contribution in [3.05, 3.63) is 78.0 Å². The van der Waals surface area contributed by atoms with E-state index in [0.717, 1.165) is 35.0 Å². The van der Waals surface area contributed by atoms with Gasteiger partial charge in [-0.3, -0.25) is 9.36 Å². The van der Waals surface area contributed by atoms with Gasteiger partial charge < -0.3 is 10.5 Å². The number of para-hydroxylation sites is 1. The van der Waals surface area contributed by atoms with Gasteiger partial charge >= 0.3 is 0 Å². The molecule has 0 amide bonds. The third-order valence-electron chi connectivity index (χ3n) is 5.57. The van der Waals surface area contributed by atoms with E-state index < -0.39 is 5.41 Å². The monoisotopic (exact) mass is 374 g/mol. The number of nitrogens with two attached hydrogens (primary N) is 1. The first-order valence-electron chi connectivity index (χ1n) is 9.90. The number of fused-ring (bicyclic) bond motifs is 3. The van der Waals surface area contributed by atoms with Crippen molar-refractivity contribution in [1.82, 2.24) is 4.57 Å². The molecular weight excluding hydrogens is 348 g/mol. The van der Waals surface area contributed by atoms with Crippen molar-refractivity contribution < 1.29 is 9.53 Å². The van der Waals surface area contributed by atoms with Crippen LogP contribution in [0.5, 0.6) is 0 Å². The predicted molar refractivity (Wildman–Crippen MR) is 113 cm³/mol. The minimum atomic E-state index is -0.565. The molecule has 3 aromatic rings. The molecule has 0 saturated heterocycles. The smallest absolute Gasteiger partial charge is 0.241 e. The Labute approximate surface area is 165 Å². The molecule has 0 unspecified atom stereocenters. The summed E-state index contributed by atoms with van der Waals surface area (Å²) in [6.07, 6.45) is 6.35. The van der Waals surface area contributed by atoms with Crippen molar-refractivity contribution in [2.24, 2.45) is 11.1 Å². The molecule has 4 heteroatoms. The second-order valence-corrected chi connectivity index (χ2v) is 7.44. The van der Waals surface area contributed by atoms with Crippen LogP contribution in [-0.4, -0.2) is 23.6 Å². The summed E-state index contributed by atoms with van der Waals surface area (Å²) in [7, 11) is 0. The summed E-state index contributed by atoms with van der Waals surface area (Å²) in [5.74, 6) is 0.128. The topological polar surface area (TPSA) is 57.2 Å². The highest BCUT2D eigenvalue weighted by Crippen LogP contribution is 2.39. The maximum Gasteiger partial charge on any atom is 0.241 e. The molecule has 2 N–H and O–H groups in total. The summed E-state index contributed by atoms with van der Waals surface area (Å²) in [5, 5.41) is 1.09. The molecule has 0 fully saturated rings. The molecule has 1 aliphatic heterocycles. The van der Waals surface area contributed by atoms with Crippen LogP contribution in [-0.2, 0) is 11.3 Å². The Kier molecular flexibility index (Phi) is 5.42. The molecule has 1 atom stereocenters. The molecule has 2 aromatic carbocycles. The van der Waals surface area contributed by atoms with Crippen LogP contribution >= 0.6 is 0 Å². The minimum Gasteiger partial charge on any atom is -0.377 e. The number of carbonyl (C=O) groups is 1. The number of aromatic nitrogens is 1. The van der Waals surface area contributed by atoms with Crippen LogP contribution < -0.4 is 5.73 Å². The van der Waals surface area contributed by atoms with Crippen molar-refractivity contribution in [2.45, 2.75) is 25.9 Å². The second-order valence-electron chi connectivity index (χ2n) is 7.44. The number of hydrogen-bond donors (Lipinski definition) is 1. The highest BCUT2D eigenvalue weighted by Gasteiger charge is 2.39. The Morgan fingerprint density at radius 3 is 2.61 bits per heavy atom. The Balaban J connectivity index is 1.54.